The van der Waals surface area contributed by atoms with Gasteiger partial charge in [0.2, 0.25) is 0 Å². The molecule has 8 atom stereocenters. The Labute approximate surface area is 178 Å². The Hall–Kier alpha value is -0.760. The molecule has 2 heteroatoms. The van der Waals surface area contributed by atoms with Crippen LogP contribution in [0.5, 0.6) is 0 Å². The molecule has 0 aromatic carbocycles. The largest absolute Gasteiger partial charge is 0.494 e. The van der Waals surface area contributed by atoms with Gasteiger partial charge in [-0.15, -0.1) is 0 Å². The molecule has 162 valence electrons. The molecule has 4 aliphatic carbocycles. The maximum atomic E-state index is 10.2. The third kappa shape index (κ3) is 2.91. The van der Waals surface area contributed by atoms with E-state index in [1.807, 2.05) is 0 Å². The third-order valence-corrected chi connectivity index (χ3v) is 10.2. The lowest BCUT2D eigenvalue weighted by atomic mass is 9.47. The SMILES string of the molecule is CC1=C(CCC(C)C)O[C@H]2C[C@H]3[C@@H]4CC=C5C[C@@H](O)CC[C@]5(C)[C@H]4CC[C@]3(C)[C@@H]12. The summed E-state index contributed by atoms with van der Waals surface area (Å²) in [5.74, 6) is 5.18. The Bertz CT molecular complexity index is 733. The molecular weight excluding hydrogens is 356 g/mol. The second kappa shape index (κ2) is 6.87. The molecular formula is C27H42O2. The van der Waals surface area contributed by atoms with Crippen LogP contribution in [0.4, 0.5) is 0 Å². The topological polar surface area (TPSA) is 29.5 Å². The molecule has 5 aliphatic rings. The lowest BCUT2D eigenvalue weighted by molar-refractivity contribution is -0.0454. The van der Waals surface area contributed by atoms with Crippen LogP contribution in [-0.4, -0.2) is 17.3 Å². The van der Waals surface area contributed by atoms with Crippen LogP contribution >= 0.6 is 0 Å². The van der Waals surface area contributed by atoms with Crippen molar-refractivity contribution in [3.8, 4) is 0 Å². The maximum absolute atomic E-state index is 10.2. The molecule has 5 rings (SSSR count). The summed E-state index contributed by atoms with van der Waals surface area (Å²) >= 11 is 0. The smallest absolute Gasteiger partial charge is 0.106 e. The number of ether oxygens (including phenoxy) is 1. The van der Waals surface area contributed by atoms with Gasteiger partial charge in [-0.1, -0.05) is 39.3 Å². The van der Waals surface area contributed by atoms with E-state index >= 15 is 0 Å². The Morgan fingerprint density at radius 1 is 1.17 bits per heavy atom. The first kappa shape index (κ1) is 20.2. The van der Waals surface area contributed by atoms with Gasteiger partial charge >= 0.3 is 0 Å². The van der Waals surface area contributed by atoms with Crippen molar-refractivity contribution >= 4 is 0 Å². The molecule has 0 aromatic heterocycles. The zero-order valence-corrected chi connectivity index (χ0v) is 19.3. The summed E-state index contributed by atoms with van der Waals surface area (Å²) in [6.45, 7) is 12.2. The summed E-state index contributed by atoms with van der Waals surface area (Å²) in [6, 6.07) is 0. The molecule has 2 nitrogen and oxygen atoms in total. The number of aliphatic hydroxyl groups excluding tert-OH is 1. The molecule has 0 unspecified atom stereocenters. The zero-order chi connectivity index (χ0) is 20.6. The summed E-state index contributed by atoms with van der Waals surface area (Å²) in [6.07, 6.45) is 13.6. The van der Waals surface area contributed by atoms with E-state index < -0.39 is 0 Å². The zero-order valence-electron chi connectivity index (χ0n) is 19.3. The first-order valence-electron chi connectivity index (χ1n) is 12.5. The molecule has 3 fully saturated rings. The lowest BCUT2D eigenvalue weighted by Gasteiger charge is -2.57. The first-order valence-corrected chi connectivity index (χ1v) is 12.5. The molecule has 1 aliphatic heterocycles. The third-order valence-electron chi connectivity index (χ3n) is 10.2. The number of aliphatic hydroxyl groups is 1. The van der Waals surface area contributed by atoms with Crippen LogP contribution in [0.1, 0.15) is 92.4 Å². The van der Waals surface area contributed by atoms with Gasteiger partial charge in [-0.3, -0.25) is 0 Å². The summed E-state index contributed by atoms with van der Waals surface area (Å²) < 4.78 is 6.66. The highest BCUT2D eigenvalue weighted by atomic mass is 16.5. The summed E-state index contributed by atoms with van der Waals surface area (Å²) in [7, 11) is 0. The van der Waals surface area contributed by atoms with Gasteiger partial charge in [-0.2, -0.15) is 0 Å². The molecule has 0 amide bonds. The highest BCUT2D eigenvalue weighted by Gasteiger charge is 2.63. The normalized spacial score (nSPS) is 48.6. The second-order valence-electron chi connectivity index (χ2n) is 12.1. The van der Waals surface area contributed by atoms with E-state index in [1.54, 1.807) is 11.1 Å². The number of fused-ring (bicyclic) bond motifs is 7. The van der Waals surface area contributed by atoms with Crippen molar-refractivity contribution in [1.82, 2.24) is 0 Å². The predicted octanol–water partition coefficient (Wildman–Crippen LogP) is 6.65. The second-order valence-corrected chi connectivity index (χ2v) is 12.1. The van der Waals surface area contributed by atoms with Crippen molar-refractivity contribution in [1.29, 1.82) is 0 Å². The molecule has 3 saturated carbocycles. The van der Waals surface area contributed by atoms with Gasteiger partial charge in [0.15, 0.2) is 0 Å². The van der Waals surface area contributed by atoms with E-state index in [2.05, 4.69) is 40.7 Å². The fourth-order valence-electron chi connectivity index (χ4n) is 8.65. The molecule has 1 heterocycles. The van der Waals surface area contributed by atoms with Crippen molar-refractivity contribution < 1.29 is 9.84 Å². The molecule has 0 radical (unpaired) electrons. The van der Waals surface area contributed by atoms with Crippen molar-refractivity contribution in [2.24, 2.45) is 40.4 Å². The predicted molar refractivity (Wildman–Crippen MR) is 118 cm³/mol. The molecule has 1 N–H and O–H groups in total. The minimum absolute atomic E-state index is 0.101. The minimum atomic E-state index is -0.101. The van der Waals surface area contributed by atoms with Crippen LogP contribution in [0.3, 0.4) is 0 Å². The van der Waals surface area contributed by atoms with Crippen LogP contribution in [0.2, 0.25) is 0 Å². The fraction of sp³-hybridized carbons (Fsp3) is 0.852. The standard InChI is InChI=1S/C27H42O2/c1-16(2)6-9-23-17(3)25-24(29-23)15-22-20-8-7-18-14-19(28)10-12-26(18,4)21(20)11-13-27(22,25)5/h7,16,19-22,24-25,28H,6,8-15H2,1-5H3/t19-,20+,21-,22-,24-,25-,26-,27-/m0/s1. The van der Waals surface area contributed by atoms with Gasteiger partial charge in [0.05, 0.1) is 11.9 Å². The fourth-order valence-corrected chi connectivity index (χ4v) is 8.65. The van der Waals surface area contributed by atoms with Gasteiger partial charge in [0.1, 0.15) is 6.10 Å². The number of rotatable bonds is 3. The molecule has 0 spiro atoms. The molecule has 29 heavy (non-hydrogen) atoms. The molecule has 0 saturated heterocycles. The average molecular weight is 399 g/mol. The van der Waals surface area contributed by atoms with E-state index in [4.69, 9.17) is 4.74 Å². The van der Waals surface area contributed by atoms with Crippen LogP contribution in [0.15, 0.2) is 23.0 Å². The molecule has 0 bridgehead atoms. The van der Waals surface area contributed by atoms with Crippen LogP contribution in [0.25, 0.3) is 0 Å². The first-order chi connectivity index (χ1) is 13.7. The van der Waals surface area contributed by atoms with Gasteiger partial charge in [0.25, 0.3) is 0 Å². The van der Waals surface area contributed by atoms with Gasteiger partial charge < -0.3 is 9.84 Å². The number of allylic oxidation sites excluding steroid dienone is 2. The Morgan fingerprint density at radius 3 is 2.72 bits per heavy atom. The van der Waals surface area contributed by atoms with E-state index in [1.165, 1.54) is 44.3 Å². The average Bonchev–Trinajstić information content (AvgIpc) is 3.14. The quantitative estimate of drug-likeness (QED) is 0.540. The Morgan fingerprint density at radius 2 is 1.97 bits per heavy atom. The lowest BCUT2D eigenvalue weighted by Crippen LogP contribution is -2.50. The van der Waals surface area contributed by atoms with Crippen LogP contribution < -0.4 is 0 Å². The van der Waals surface area contributed by atoms with Crippen molar-refractivity contribution in [3.05, 3.63) is 23.0 Å². The van der Waals surface area contributed by atoms with Gasteiger partial charge in [-0.25, -0.2) is 0 Å². The maximum Gasteiger partial charge on any atom is 0.106 e. The highest BCUT2D eigenvalue weighted by Crippen LogP contribution is 2.68. The van der Waals surface area contributed by atoms with Gasteiger partial charge in [0, 0.05) is 12.3 Å². The number of hydrogen-bond acceptors (Lipinski definition) is 2. The summed E-state index contributed by atoms with van der Waals surface area (Å²) in [4.78, 5) is 0. The van der Waals surface area contributed by atoms with E-state index in [9.17, 15) is 5.11 Å². The Balaban J connectivity index is 1.41. The van der Waals surface area contributed by atoms with Crippen molar-refractivity contribution in [2.45, 2.75) is 105 Å². The summed E-state index contributed by atoms with van der Waals surface area (Å²) in [5.41, 5.74) is 3.95. The van der Waals surface area contributed by atoms with E-state index in [0.29, 0.717) is 22.9 Å². The highest BCUT2D eigenvalue weighted by molar-refractivity contribution is 5.30. The van der Waals surface area contributed by atoms with Crippen molar-refractivity contribution in [2.75, 3.05) is 0 Å². The monoisotopic (exact) mass is 398 g/mol. The van der Waals surface area contributed by atoms with E-state index in [-0.39, 0.29) is 6.10 Å². The van der Waals surface area contributed by atoms with E-state index in [0.717, 1.165) is 42.9 Å². The Kier molecular flexibility index (Phi) is 4.78. The van der Waals surface area contributed by atoms with Crippen LogP contribution in [0, 0.1) is 40.4 Å². The van der Waals surface area contributed by atoms with Gasteiger partial charge in [-0.05, 0) is 98.4 Å². The molecule has 0 aromatic rings. The van der Waals surface area contributed by atoms with Crippen LogP contribution in [-0.2, 0) is 4.74 Å². The number of hydrogen-bond donors (Lipinski definition) is 1. The summed E-state index contributed by atoms with van der Waals surface area (Å²) in [5, 5.41) is 10.2. The minimum Gasteiger partial charge on any atom is -0.494 e. The van der Waals surface area contributed by atoms with Crippen molar-refractivity contribution in [3.63, 3.8) is 0 Å².